The van der Waals surface area contributed by atoms with E-state index in [9.17, 15) is 0 Å². The standard InChI is InChI=1S/C16H21Cl2NO2/c17-12-2-1-3-13(18)14(12)15(19)11-4-7-21-16(10-11)5-8-20-9-6-16/h1-3,11,15H,4-10,19H2. The van der Waals surface area contributed by atoms with Gasteiger partial charge in [0.25, 0.3) is 0 Å². The summed E-state index contributed by atoms with van der Waals surface area (Å²) < 4.78 is 11.5. The Morgan fingerprint density at radius 2 is 1.81 bits per heavy atom. The Morgan fingerprint density at radius 3 is 2.48 bits per heavy atom. The highest BCUT2D eigenvalue weighted by Crippen LogP contribution is 2.43. The Bertz CT molecular complexity index is 477. The highest BCUT2D eigenvalue weighted by atomic mass is 35.5. The summed E-state index contributed by atoms with van der Waals surface area (Å²) in [5, 5.41) is 1.31. The molecule has 0 radical (unpaired) electrons. The summed E-state index contributed by atoms with van der Waals surface area (Å²) in [4.78, 5) is 0. The molecule has 2 heterocycles. The van der Waals surface area contributed by atoms with Crippen LogP contribution in [-0.2, 0) is 9.47 Å². The van der Waals surface area contributed by atoms with Gasteiger partial charge in [-0.1, -0.05) is 29.3 Å². The van der Waals surface area contributed by atoms with E-state index in [4.69, 9.17) is 38.4 Å². The van der Waals surface area contributed by atoms with Crippen molar-refractivity contribution in [3.8, 4) is 0 Å². The molecule has 116 valence electrons. The van der Waals surface area contributed by atoms with E-state index in [2.05, 4.69) is 0 Å². The Labute approximate surface area is 135 Å². The van der Waals surface area contributed by atoms with Crippen LogP contribution in [0, 0.1) is 5.92 Å². The second kappa shape index (κ2) is 6.43. The number of rotatable bonds is 2. The average molecular weight is 330 g/mol. The van der Waals surface area contributed by atoms with Gasteiger partial charge >= 0.3 is 0 Å². The minimum Gasteiger partial charge on any atom is -0.381 e. The summed E-state index contributed by atoms with van der Waals surface area (Å²) >= 11 is 12.6. The molecule has 5 heteroatoms. The van der Waals surface area contributed by atoms with Crippen LogP contribution >= 0.6 is 23.2 Å². The first-order valence-electron chi connectivity index (χ1n) is 7.52. The van der Waals surface area contributed by atoms with Crippen LogP contribution < -0.4 is 5.73 Å². The van der Waals surface area contributed by atoms with Crippen LogP contribution in [0.5, 0.6) is 0 Å². The first kappa shape index (κ1) is 15.6. The van der Waals surface area contributed by atoms with Gasteiger partial charge in [-0.05, 0) is 43.7 Å². The molecule has 0 bridgehead atoms. The lowest BCUT2D eigenvalue weighted by Crippen LogP contribution is -2.46. The monoisotopic (exact) mass is 329 g/mol. The SMILES string of the molecule is NC(c1c(Cl)cccc1Cl)C1CCOC2(CCOCC2)C1. The van der Waals surface area contributed by atoms with Gasteiger partial charge in [-0.25, -0.2) is 0 Å². The van der Waals surface area contributed by atoms with Crippen molar-refractivity contribution >= 4 is 23.2 Å². The van der Waals surface area contributed by atoms with Crippen LogP contribution in [0.2, 0.25) is 10.0 Å². The van der Waals surface area contributed by atoms with E-state index >= 15 is 0 Å². The van der Waals surface area contributed by atoms with E-state index < -0.39 is 0 Å². The molecule has 2 fully saturated rings. The van der Waals surface area contributed by atoms with Crippen molar-refractivity contribution in [1.29, 1.82) is 0 Å². The molecule has 3 rings (SSSR count). The van der Waals surface area contributed by atoms with E-state index in [-0.39, 0.29) is 11.6 Å². The molecule has 21 heavy (non-hydrogen) atoms. The van der Waals surface area contributed by atoms with Crippen molar-refractivity contribution < 1.29 is 9.47 Å². The van der Waals surface area contributed by atoms with Gasteiger partial charge < -0.3 is 15.2 Å². The van der Waals surface area contributed by atoms with Gasteiger partial charge in [0.15, 0.2) is 0 Å². The Hall–Kier alpha value is -0.320. The lowest BCUT2D eigenvalue weighted by atomic mass is 9.76. The number of benzene rings is 1. The van der Waals surface area contributed by atoms with E-state index in [1.54, 1.807) is 0 Å². The summed E-state index contributed by atoms with van der Waals surface area (Å²) in [5.41, 5.74) is 7.31. The molecular formula is C16H21Cl2NO2. The quantitative estimate of drug-likeness (QED) is 0.892. The Balaban J connectivity index is 1.79. The lowest BCUT2D eigenvalue weighted by Gasteiger charge is -2.45. The molecule has 0 saturated carbocycles. The van der Waals surface area contributed by atoms with Gasteiger partial charge in [0.05, 0.1) is 5.60 Å². The topological polar surface area (TPSA) is 44.5 Å². The highest BCUT2D eigenvalue weighted by Gasteiger charge is 2.41. The Kier molecular flexibility index (Phi) is 4.77. The molecule has 2 unspecified atom stereocenters. The molecule has 2 aliphatic rings. The third-order valence-corrected chi connectivity index (χ3v) is 5.44. The molecule has 2 saturated heterocycles. The molecule has 1 spiro atoms. The fraction of sp³-hybridized carbons (Fsp3) is 0.625. The van der Waals surface area contributed by atoms with Crippen molar-refractivity contribution in [1.82, 2.24) is 0 Å². The van der Waals surface area contributed by atoms with Gasteiger partial charge in [-0.3, -0.25) is 0 Å². The summed E-state index contributed by atoms with van der Waals surface area (Å²) in [5.74, 6) is 0.342. The van der Waals surface area contributed by atoms with Crippen molar-refractivity contribution in [2.75, 3.05) is 19.8 Å². The summed E-state index contributed by atoms with van der Waals surface area (Å²) in [6.45, 7) is 2.30. The Morgan fingerprint density at radius 1 is 1.14 bits per heavy atom. The predicted molar refractivity (Wildman–Crippen MR) is 84.9 cm³/mol. The second-order valence-electron chi connectivity index (χ2n) is 6.06. The highest BCUT2D eigenvalue weighted by molar-refractivity contribution is 6.36. The number of halogens is 2. The van der Waals surface area contributed by atoms with Crippen LogP contribution in [0.3, 0.4) is 0 Å². The number of ether oxygens (including phenoxy) is 2. The van der Waals surface area contributed by atoms with E-state index in [0.717, 1.165) is 51.1 Å². The third-order valence-electron chi connectivity index (χ3n) is 4.78. The van der Waals surface area contributed by atoms with Crippen LogP contribution in [0.15, 0.2) is 18.2 Å². The molecule has 1 aromatic rings. The largest absolute Gasteiger partial charge is 0.381 e. The van der Waals surface area contributed by atoms with Gasteiger partial charge in [0.1, 0.15) is 0 Å². The molecular weight excluding hydrogens is 309 g/mol. The molecule has 0 amide bonds. The molecule has 2 atom stereocenters. The maximum atomic E-state index is 6.51. The zero-order valence-corrected chi connectivity index (χ0v) is 13.5. The normalized spacial score (nSPS) is 26.7. The number of hydrogen-bond donors (Lipinski definition) is 1. The fourth-order valence-corrected chi connectivity index (χ4v) is 4.18. The first-order chi connectivity index (χ1) is 10.1. The minimum absolute atomic E-state index is 0.0630. The van der Waals surface area contributed by atoms with E-state index in [1.807, 2.05) is 18.2 Å². The maximum Gasteiger partial charge on any atom is 0.0729 e. The first-order valence-corrected chi connectivity index (χ1v) is 8.28. The molecule has 0 aromatic heterocycles. The van der Waals surface area contributed by atoms with E-state index in [1.165, 1.54) is 0 Å². The smallest absolute Gasteiger partial charge is 0.0729 e. The van der Waals surface area contributed by atoms with Crippen molar-refractivity contribution in [2.45, 2.75) is 37.3 Å². The lowest BCUT2D eigenvalue weighted by molar-refractivity contribution is -0.149. The van der Waals surface area contributed by atoms with Gasteiger partial charge in [-0.15, -0.1) is 0 Å². The predicted octanol–water partition coefficient (Wildman–Crippen LogP) is 3.97. The van der Waals surface area contributed by atoms with Crippen molar-refractivity contribution in [3.05, 3.63) is 33.8 Å². The number of hydrogen-bond acceptors (Lipinski definition) is 3. The number of nitrogens with two attached hydrogens (primary N) is 1. The molecule has 2 aliphatic heterocycles. The van der Waals surface area contributed by atoms with Crippen LogP contribution in [0.25, 0.3) is 0 Å². The zero-order valence-electron chi connectivity index (χ0n) is 12.0. The van der Waals surface area contributed by atoms with Crippen LogP contribution in [-0.4, -0.2) is 25.4 Å². The molecule has 1 aromatic carbocycles. The molecule has 2 N–H and O–H groups in total. The minimum atomic E-state index is -0.144. The van der Waals surface area contributed by atoms with Gasteiger partial charge in [0, 0.05) is 41.5 Å². The summed E-state index contributed by atoms with van der Waals surface area (Å²) in [6, 6.07) is 5.42. The maximum absolute atomic E-state index is 6.51. The molecule has 0 aliphatic carbocycles. The third kappa shape index (κ3) is 3.22. The summed E-state index contributed by atoms with van der Waals surface area (Å²) in [7, 11) is 0. The average Bonchev–Trinajstić information content (AvgIpc) is 2.48. The van der Waals surface area contributed by atoms with Crippen molar-refractivity contribution in [3.63, 3.8) is 0 Å². The van der Waals surface area contributed by atoms with Crippen LogP contribution in [0.4, 0.5) is 0 Å². The fourth-order valence-electron chi connectivity index (χ4n) is 3.53. The van der Waals surface area contributed by atoms with Crippen molar-refractivity contribution in [2.24, 2.45) is 11.7 Å². The second-order valence-corrected chi connectivity index (χ2v) is 6.87. The van der Waals surface area contributed by atoms with Gasteiger partial charge in [-0.2, -0.15) is 0 Å². The van der Waals surface area contributed by atoms with Crippen LogP contribution in [0.1, 0.15) is 37.3 Å². The summed E-state index contributed by atoms with van der Waals surface area (Å²) in [6.07, 6.45) is 3.81. The molecule has 3 nitrogen and oxygen atoms in total. The van der Waals surface area contributed by atoms with E-state index in [0.29, 0.717) is 16.0 Å². The van der Waals surface area contributed by atoms with Gasteiger partial charge in [0.2, 0.25) is 0 Å². The zero-order chi connectivity index (χ0) is 14.9.